The minimum absolute atomic E-state index is 0.130. The molecule has 106 valence electrons. The molecule has 2 saturated carbocycles. The van der Waals surface area contributed by atoms with Crippen LogP contribution in [0.15, 0.2) is 10.6 Å². The van der Waals surface area contributed by atoms with E-state index in [0.29, 0.717) is 17.9 Å². The zero-order valence-electron chi connectivity index (χ0n) is 10.8. The lowest BCUT2D eigenvalue weighted by Crippen LogP contribution is -2.66. The summed E-state index contributed by atoms with van der Waals surface area (Å²) >= 11 is 0. The van der Waals surface area contributed by atoms with Gasteiger partial charge in [-0.3, -0.25) is 0 Å². The Labute approximate surface area is 112 Å². The van der Waals surface area contributed by atoms with Crippen molar-refractivity contribution in [3.63, 3.8) is 0 Å². The quantitative estimate of drug-likeness (QED) is 0.850. The second-order valence-corrected chi connectivity index (χ2v) is 7.45. The summed E-state index contributed by atoms with van der Waals surface area (Å²) in [7, 11) is -3.44. The summed E-state index contributed by atoms with van der Waals surface area (Å²) in [6.07, 6.45) is 3.03. The van der Waals surface area contributed by atoms with Crippen LogP contribution >= 0.6 is 0 Å². The van der Waals surface area contributed by atoms with Crippen molar-refractivity contribution >= 4 is 10.0 Å². The molecule has 1 spiro atoms. The van der Waals surface area contributed by atoms with E-state index >= 15 is 0 Å². The second kappa shape index (κ2) is 4.29. The van der Waals surface area contributed by atoms with Gasteiger partial charge in [-0.05, 0) is 26.2 Å². The Hall–Kier alpha value is -0.920. The molecule has 0 aromatic carbocycles. The van der Waals surface area contributed by atoms with Crippen molar-refractivity contribution in [1.29, 1.82) is 0 Å². The molecular formula is C12H18N2O4S. The molecule has 19 heavy (non-hydrogen) atoms. The van der Waals surface area contributed by atoms with Gasteiger partial charge in [-0.15, -0.1) is 0 Å². The topological polar surface area (TPSA) is 92.4 Å². The van der Waals surface area contributed by atoms with Gasteiger partial charge in [-0.1, -0.05) is 11.6 Å². The van der Waals surface area contributed by atoms with E-state index in [-0.39, 0.29) is 23.3 Å². The van der Waals surface area contributed by atoms with Crippen LogP contribution in [0, 0.1) is 12.3 Å². The number of aliphatic hydroxyl groups excluding tert-OH is 1. The zero-order chi connectivity index (χ0) is 13.7. The molecule has 3 rings (SSSR count). The summed E-state index contributed by atoms with van der Waals surface area (Å²) in [5, 5.41) is 13.5. The van der Waals surface area contributed by atoms with Crippen LogP contribution in [0.5, 0.6) is 0 Å². The Morgan fingerprint density at radius 2 is 2.32 bits per heavy atom. The number of nitrogens with zero attached hydrogens (tertiary/aromatic N) is 1. The van der Waals surface area contributed by atoms with Gasteiger partial charge >= 0.3 is 0 Å². The first-order chi connectivity index (χ1) is 8.91. The Morgan fingerprint density at radius 3 is 2.79 bits per heavy atom. The molecule has 7 heteroatoms. The number of hydrogen-bond acceptors (Lipinski definition) is 5. The molecule has 1 aromatic heterocycles. The maximum Gasteiger partial charge on any atom is 0.217 e. The number of nitrogens with one attached hydrogen (secondary N) is 1. The molecule has 0 radical (unpaired) electrons. The Balaban J connectivity index is 1.66. The van der Waals surface area contributed by atoms with E-state index < -0.39 is 10.0 Å². The smallest absolute Gasteiger partial charge is 0.217 e. The average Bonchev–Trinajstić information content (AvgIpc) is 2.59. The van der Waals surface area contributed by atoms with Crippen molar-refractivity contribution in [2.45, 2.75) is 50.5 Å². The Kier molecular flexibility index (Phi) is 2.95. The van der Waals surface area contributed by atoms with Gasteiger partial charge in [0.15, 0.2) is 0 Å². The number of rotatable bonds is 4. The summed E-state index contributed by atoms with van der Waals surface area (Å²) in [5.74, 6) is 0.423. The highest BCUT2D eigenvalue weighted by Crippen LogP contribution is 2.56. The number of sulfonamides is 1. The lowest BCUT2D eigenvalue weighted by molar-refractivity contribution is -0.138. The van der Waals surface area contributed by atoms with Crippen molar-refractivity contribution in [3.8, 4) is 0 Å². The first kappa shape index (κ1) is 13.1. The first-order valence-corrected chi connectivity index (χ1v) is 8.17. The minimum atomic E-state index is -3.44. The van der Waals surface area contributed by atoms with Crippen LogP contribution < -0.4 is 4.72 Å². The second-order valence-electron chi connectivity index (χ2n) is 5.70. The largest absolute Gasteiger partial charge is 0.392 e. The monoisotopic (exact) mass is 286 g/mol. The standard InChI is InChI=1S/C12H18N2O4S/c1-8-5-9(13-18-8)7-19(16,17)14-10-6-11(15)12(10)3-2-4-12/h5,10-11,14-15H,2-4,6-7H2,1H3. The van der Waals surface area contributed by atoms with Crippen molar-refractivity contribution in [2.24, 2.45) is 5.41 Å². The van der Waals surface area contributed by atoms with Crippen LogP contribution in [-0.4, -0.2) is 30.8 Å². The first-order valence-electron chi connectivity index (χ1n) is 6.52. The van der Waals surface area contributed by atoms with E-state index in [9.17, 15) is 13.5 Å². The summed E-state index contributed by atoms with van der Waals surface area (Å²) in [6.45, 7) is 1.72. The van der Waals surface area contributed by atoms with E-state index in [0.717, 1.165) is 19.3 Å². The molecule has 2 aliphatic rings. The van der Waals surface area contributed by atoms with E-state index in [1.165, 1.54) is 0 Å². The van der Waals surface area contributed by atoms with Crippen molar-refractivity contribution in [2.75, 3.05) is 0 Å². The average molecular weight is 286 g/mol. The highest BCUT2D eigenvalue weighted by molar-refractivity contribution is 7.88. The van der Waals surface area contributed by atoms with Crippen LogP contribution in [0.2, 0.25) is 0 Å². The number of aliphatic hydroxyl groups is 1. The molecule has 0 bridgehead atoms. The highest BCUT2D eigenvalue weighted by atomic mass is 32.2. The van der Waals surface area contributed by atoms with Gasteiger partial charge in [-0.25, -0.2) is 13.1 Å². The van der Waals surface area contributed by atoms with E-state index in [2.05, 4.69) is 9.88 Å². The van der Waals surface area contributed by atoms with Gasteiger partial charge in [0, 0.05) is 17.5 Å². The summed E-state index contributed by atoms with van der Waals surface area (Å²) in [5.41, 5.74) is 0.208. The highest BCUT2D eigenvalue weighted by Gasteiger charge is 2.58. The van der Waals surface area contributed by atoms with Gasteiger partial charge in [0.2, 0.25) is 10.0 Å². The lowest BCUT2D eigenvalue weighted by Gasteiger charge is -2.59. The van der Waals surface area contributed by atoms with Crippen LogP contribution in [0.25, 0.3) is 0 Å². The number of aryl methyl sites for hydroxylation is 1. The lowest BCUT2D eigenvalue weighted by atomic mass is 9.51. The molecule has 2 atom stereocenters. The van der Waals surface area contributed by atoms with Crippen molar-refractivity contribution < 1.29 is 18.0 Å². The van der Waals surface area contributed by atoms with Crippen LogP contribution in [0.1, 0.15) is 37.1 Å². The molecule has 0 aliphatic heterocycles. The molecule has 2 aliphatic carbocycles. The Bertz CT molecular complexity index is 576. The third-order valence-corrected chi connectivity index (χ3v) is 5.76. The molecule has 0 saturated heterocycles. The van der Waals surface area contributed by atoms with Crippen molar-refractivity contribution in [1.82, 2.24) is 9.88 Å². The van der Waals surface area contributed by atoms with Crippen molar-refractivity contribution in [3.05, 3.63) is 17.5 Å². The normalized spacial score (nSPS) is 28.9. The van der Waals surface area contributed by atoms with E-state index in [1.54, 1.807) is 13.0 Å². The molecule has 1 aromatic rings. The van der Waals surface area contributed by atoms with Gasteiger partial charge in [0.05, 0.1) is 6.10 Å². The van der Waals surface area contributed by atoms with Gasteiger partial charge in [0.25, 0.3) is 0 Å². The van der Waals surface area contributed by atoms with Crippen LogP contribution in [0.4, 0.5) is 0 Å². The maximum absolute atomic E-state index is 12.1. The van der Waals surface area contributed by atoms with Crippen LogP contribution in [-0.2, 0) is 15.8 Å². The molecule has 6 nitrogen and oxygen atoms in total. The summed E-state index contributed by atoms with van der Waals surface area (Å²) < 4.78 is 31.7. The molecule has 2 fully saturated rings. The minimum Gasteiger partial charge on any atom is -0.392 e. The fourth-order valence-corrected chi connectivity index (χ4v) is 4.51. The predicted octanol–water partition coefficient (Wildman–Crippen LogP) is 0.706. The molecule has 1 heterocycles. The summed E-state index contributed by atoms with van der Waals surface area (Å²) in [6, 6.07) is 1.49. The summed E-state index contributed by atoms with van der Waals surface area (Å²) in [4.78, 5) is 0. The fraction of sp³-hybridized carbons (Fsp3) is 0.750. The van der Waals surface area contributed by atoms with Crippen LogP contribution in [0.3, 0.4) is 0 Å². The van der Waals surface area contributed by atoms with Gasteiger partial charge < -0.3 is 9.63 Å². The molecule has 0 amide bonds. The SMILES string of the molecule is Cc1cc(CS(=O)(=O)NC2CC(O)C23CCC3)no1. The third kappa shape index (κ3) is 2.19. The van der Waals surface area contributed by atoms with E-state index in [1.807, 2.05) is 0 Å². The molecule has 2 N–H and O–H groups in total. The number of aromatic nitrogens is 1. The predicted molar refractivity (Wildman–Crippen MR) is 67.7 cm³/mol. The zero-order valence-corrected chi connectivity index (χ0v) is 11.6. The maximum atomic E-state index is 12.1. The number of hydrogen-bond donors (Lipinski definition) is 2. The third-order valence-electron chi connectivity index (χ3n) is 4.44. The fourth-order valence-electron chi connectivity index (χ4n) is 3.14. The van der Waals surface area contributed by atoms with Gasteiger partial charge in [0.1, 0.15) is 17.2 Å². The Morgan fingerprint density at radius 1 is 1.58 bits per heavy atom. The molecular weight excluding hydrogens is 268 g/mol. The van der Waals surface area contributed by atoms with E-state index in [4.69, 9.17) is 4.52 Å². The molecule has 2 unspecified atom stereocenters. The van der Waals surface area contributed by atoms with Gasteiger partial charge in [-0.2, -0.15) is 0 Å².